The molecule has 0 amide bonds. The molecule has 3 nitrogen and oxygen atoms in total. The minimum Gasteiger partial charge on any atom is -0.494 e. The average Bonchev–Trinajstić information content (AvgIpc) is 2.48. The van der Waals surface area contributed by atoms with E-state index in [1.54, 1.807) is 0 Å². The van der Waals surface area contributed by atoms with Crippen LogP contribution in [0.4, 0.5) is 0 Å². The monoisotopic (exact) mass is 286 g/mol. The Hall–Kier alpha value is -1.53. The van der Waals surface area contributed by atoms with Crippen LogP contribution >= 0.6 is 0 Å². The van der Waals surface area contributed by atoms with E-state index in [0.717, 1.165) is 25.3 Å². The lowest BCUT2D eigenvalue weighted by Crippen LogP contribution is -2.51. The third-order valence-corrected chi connectivity index (χ3v) is 4.35. The van der Waals surface area contributed by atoms with E-state index >= 15 is 0 Å². The van der Waals surface area contributed by atoms with Gasteiger partial charge in [-0.25, -0.2) is 0 Å². The Labute approximate surface area is 128 Å². The lowest BCUT2D eigenvalue weighted by molar-refractivity contribution is 0.0958. The van der Waals surface area contributed by atoms with E-state index in [-0.39, 0.29) is 0 Å². The molecule has 0 saturated carbocycles. The van der Waals surface area contributed by atoms with Crippen molar-refractivity contribution in [3.8, 4) is 11.8 Å². The zero-order valence-electron chi connectivity index (χ0n) is 13.4. The summed E-state index contributed by atoms with van der Waals surface area (Å²) in [7, 11) is 0. The lowest BCUT2D eigenvalue weighted by atomic mass is 9.88. The second-order valence-corrected chi connectivity index (χ2v) is 6.34. The van der Waals surface area contributed by atoms with E-state index in [0.29, 0.717) is 12.5 Å². The molecule has 0 spiro atoms. The summed E-state index contributed by atoms with van der Waals surface area (Å²) in [6, 6.07) is 10.7. The second-order valence-electron chi connectivity index (χ2n) is 6.34. The molecule has 1 heterocycles. The summed E-state index contributed by atoms with van der Waals surface area (Å²) in [4.78, 5) is 2.36. The zero-order chi connectivity index (χ0) is 15.3. The molecule has 0 N–H and O–H groups in total. The van der Waals surface area contributed by atoms with Crippen molar-refractivity contribution in [2.24, 2.45) is 5.92 Å². The van der Waals surface area contributed by atoms with E-state index < -0.39 is 5.54 Å². The summed E-state index contributed by atoms with van der Waals surface area (Å²) in [6.07, 6.45) is 3.21. The van der Waals surface area contributed by atoms with E-state index in [2.05, 4.69) is 36.9 Å². The number of rotatable bonds is 5. The van der Waals surface area contributed by atoms with E-state index in [4.69, 9.17) is 4.74 Å². The fourth-order valence-electron chi connectivity index (χ4n) is 3.17. The van der Waals surface area contributed by atoms with Crippen LogP contribution in [-0.2, 0) is 6.42 Å². The van der Waals surface area contributed by atoms with Crippen LogP contribution in [-0.4, -0.2) is 30.1 Å². The van der Waals surface area contributed by atoms with Crippen molar-refractivity contribution in [2.45, 2.75) is 45.6 Å². The van der Waals surface area contributed by atoms with Gasteiger partial charge in [0.15, 0.2) is 0 Å². The molecule has 2 atom stereocenters. The molecular formula is C18H26N2O. The maximum absolute atomic E-state index is 9.73. The molecule has 1 aromatic carbocycles. The first-order valence-corrected chi connectivity index (χ1v) is 7.95. The Morgan fingerprint density at radius 3 is 2.95 bits per heavy atom. The lowest BCUT2D eigenvalue weighted by Gasteiger charge is -2.41. The van der Waals surface area contributed by atoms with Gasteiger partial charge < -0.3 is 4.74 Å². The van der Waals surface area contributed by atoms with Gasteiger partial charge in [0.2, 0.25) is 0 Å². The fraction of sp³-hybridized carbons (Fsp3) is 0.611. The van der Waals surface area contributed by atoms with Crippen LogP contribution in [0.15, 0.2) is 24.3 Å². The molecule has 1 aliphatic heterocycles. The van der Waals surface area contributed by atoms with E-state index in [1.165, 1.54) is 18.4 Å². The molecule has 2 unspecified atom stereocenters. The number of hydrogen-bond donors (Lipinski definition) is 0. The van der Waals surface area contributed by atoms with Gasteiger partial charge in [-0.2, -0.15) is 5.26 Å². The quantitative estimate of drug-likeness (QED) is 0.829. The Morgan fingerprint density at radius 1 is 1.48 bits per heavy atom. The molecule has 1 aromatic rings. The van der Waals surface area contributed by atoms with Gasteiger partial charge in [-0.05, 0) is 56.8 Å². The molecule has 0 radical (unpaired) electrons. The number of hydrogen-bond acceptors (Lipinski definition) is 3. The first-order chi connectivity index (χ1) is 10.1. The minimum atomic E-state index is -0.431. The van der Waals surface area contributed by atoms with Crippen molar-refractivity contribution in [1.29, 1.82) is 5.26 Å². The molecule has 0 aliphatic carbocycles. The van der Waals surface area contributed by atoms with Crippen LogP contribution in [0.25, 0.3) is 0 Å². The predicted octanol–water partition coefficient (Wildman–Crippen LogP) is 3.64. The maximum atomic E-state index is 9.73. The van der Waals surface area contributed by atoms with Gasteiger partial charge in [0, 0.05) is 13.0 Å². The Kier molecular flexibility index (Phi) is 5.25. The minimum absolute atomic E-state index is 0.431. The topological polar surface area (TPSA) is 36.3 Å². The Morgan fingerprint density at radius 2 is 2.29 bits per heavy atom. The number of nitriles is 1. The van der Waals surface area contributed by atoms with Crippen LogP contribution in [0, 0.1) is 17.2 Å². The Balaban J connectivity index is 2.14. The summed E-state index contributed by atoms with van der Waals surface area (Å²) in [6.45, 7) is 9.05. The van der Waals surface area contributed by atoms with Gasteiger partial charge >= 0.3 is 0 Å². The maximum Gasteiger partial charge on any atom is 0.119 e. The highest BCUT2D eigenvalue weighted by Crippen LogP contribution is 2.27. The molecule has 1 fully saturated rings. The largest absolute Gasteiger partial charge is 0.494 e. The van der Waals surface area contributed by atoms with Gasteiger partial charge in [-0.15, -0.1) is 0 Å². The third kappa shape index (κ3) is 3.98. The van der Waals surface area contributed by atoms with Crippen molar-refractivity contribution in [2.75, 3.05) is 19.7 Å². The number of piperidine rings is 1. The van der Waals surface area contributed by atoms with Crippen molar-refractivity contribution >= 4 is 0 Å². The van der Waals surface area contributed by atoms with Gasteiger partial charge in [-0.1, -0.05) is 19.1 Å². The standard InChI is InChI=1S/C18H26N2O/c1-4-21-17-9-5-8-16(11-17)12-18(3,14-19)20-10-6-7-15(2)13-20/h5,8-9,11,15H,4,6-7,10,12-13H2,1-3H3. The van der Waals surface area contributed by atoms with Crippen molar-refractivity contribution < 1.29 is 4.74 Å². The number of benzene rings is 1. The molecule has 114 valence electrons. The van der Waals surface area contributed by atoms with Gasteiger partial charge in [-0.3, -0.25) is 4.90 Å². The normalized spacial score (nSPS) is 22.3. The zero-order valence-corrected chi connectivity index (χ0v) is 13.4. The first-order valence-electron chi connectivity index (χ1n) is 7.95. The Bertz CT molecular complexity index is 508. The van der Waals surface area contributed by atoms with Gasteiger partial charge in [0.05, 0.1) is 12.7 Å². The average molecular weight is 286 g/mol. The highest BCUT2D eigenvalue weighted by atomic mass is 16.5. The van der Waals surface area contributed by atoms with Crippen LogP contribution in [0.1, 0.15) is 39.2 Å². The summed E-state index contributed by atoms with van der Waals surface area (Å²) < 4.78 is 5.56. The van der Waals surface area contributed by atoms with Gasteiger partial charge in [0.25, 0.3) is 0 Å². The van der Waals surface area contributed by atoms with Crippen LogP contribution in [0.3, 0.4) is 0 Å². The van der Waals surface area contributed by atoms with E-state index in [1.807, 2.05) is 19.1 Å². The molecule has 21 heavy (non-hydrogen) atoms. The highest BCUT2D eigenvalue weighted by Gasteiger charge is 2.34. The summed E-state index contributed by atoms with van der Waals surface area (Å²) >= 11 is 0. The molecule has 1 saturated heterocycles. The van der Waals surface area contributed by atoms with Gasteiger partial charge in [0.1, 0.15) is 11.3 Å². The molecule has 2 rings (SSSR count). The number of nitrogens with zero attached hydrogens (tertiary/aromatic N) is 2. The third-order valence-electron chi connectivity index (χ3n) is 4.35. The SMILES string of the molecule is CCOc1cccc(CC(C)(C#N)N2CCCC(C)C2)c1. The van der Waals surface area contributed by atoms with Crippen LogP contribution < -0.4 is 4.74 Å². The van der Waals surface area contributed by atoms with Crippen molar-refractivity contribution in [1.82, 2.24) is 4.90 Å². The summed E-state index contributed by atoms with van der Waals surface area (Å²) in [5.74, 6) is 1.57. The highest BCUT2D eigenvalue weighted by molar-refractivity contribution is 5.31. The smallest absolute Gasteiger partial charge is 0.119 e. The molecule has 0 aromatic heterocycles. The van der Waals surface area contributed by atoms with E-state index in [9.17, 15) is 5.26 Å². The molecule has 1 aliphatic rings. The fourth-order valence-corrected chi connectivity index (χ4v) is 3.17. The molecule has 0 bridgehead atoms. The van der Waals surface area contributed by atoms with Crippen molar-refractivity contribution in [3.63, 3.8) is 0 Å². The summed E-state index contributed by atoms with van der Waals surface area (Å²) in [5.41, 5.74) is 0.739. The first kappa shape index (κ1) is 15.9. The summed E-state index contributed by atoms with van der Waals surface area (Å²) in [5, 5.41) is 9.73. The van der Waals surface area contributed by atoms with Crippen LogP contribution in [0.2, 0.25) is 0 Å². The second kappa shape index (κ2) is 6.95. The van der Waals surface area contributed by atoms with Crippen molar-refractivity contribution in [3.05, 3.63) is 29.8 Å². The van der Waals surface area contributed by atoms with Crippen LogP contribution in [0.5, 0.6) is 5.75 Å². The molecule has 3 heteroatoms. The number of likely N-dealkylation sites (tertiary alicyclic amines) is 1. The predicted molar refractivity (Wildman–Crippen MR) is 85.3 cm³/mol. The number of ether oxygens (including phenoxy) is 1. The molecular weight excluding hydrogens is 260 g/mol.